The Morgan fingerprint density at radius 2 is 1.90 bits per heavy atom. The van der Waals surface area contributed by atoms with Crippen LogP contribution in [0.15, 0.2) is 48.5 Å². The molecular weight excluding hydrogens is 274 g/mol. The number of ether oxygens (including phenoxy) is 1. The molecule has 2 rings (SSSR count). The molecule has 0 aliphatic carbocycles. The van der Waals surface area contributed by atoms with Gasteiger partial charge in [0.15, 0.2) is 6.10 Å². The van der Waals surface area contributed by atoms with Crippen LogP contribution < -0.4 is 10.1 Å². The molecular formula is C16H16ClNO2. The van der Waals surface area contributed by atoms with E-state index in [2.05, 4.69) is 5.32 Å². The summed E-state index contributed by atoms with van der Waals surface area (Å²) in [6.45, 7) is 3.71. The molecule has 1 atom stereocenters. The highest BCUT2D eigenvalue weighted by atomic mass is 35.5. The number of anilines is 1. The molecule has 0 fully saturated rings. The third-order valence-corrected chi connectivity index (χ3v) is 3.03. The number of carbonyl (C=O) groups is 1. The smallest absolute Gasteiger partial charge is 0.265 e. The van der Waals surface area contributed by atoms with Crippen molar-refractivity contribution >= 4 is 23.2 Å². The van der Waals surface area contributed by atoms with Crippen molar-refractivity contribution in [2.24, 2.45) is 0 Å². The zero-order chi connectivity index (χ0) is 14.5. The van der Waals surface area contributed by atoms with E-state index in [0.29, 0.717) is 16.5 Å². The molecule has 0 aliphatic heterocycles. The van der Waals surface area contributed by atoms with Crippen molar-refractivity contribution in [1.29, 1.82) is 0 Å². The number of aryl methyl sites for hydroxylation is 1. The van der Waals surface area contributed by atoms with Gasteiger partial charge >= 0.3 is 0 Å². The van der Waals surface area contributed by atoms with Gasteiger partial charge in [-0.15, -0.1) is 0 Å². The lowest BCUT2D eigenvalue weighted by Crippen LogP contribution is -2.30. The van der Waals surface area contributed by atoms with Gasteiger partial charge in [-0.2, -0.15) is 0 Å². The summed E-state index contributed by atoms with van der Waals surface area (Å²) in [4.78, 5) is 12.0. The van der Waals surface area contributed by atoms with Gasteiger partial charge in [-0.05, 0) is 44.2 Å². The number of nitrogens with one attached hydrogen (secondary N) is 1. The second-order valence-corrected chi connectivity index (χ2v) is 5.01. The van der Waals surface area contributed by atoms with Crippen LogP contribution in [0.2, 0.25) is 5.02 Å². The van der Waals surface area contributed by atoms with Crippen LogP contribution in [0.3, 0.4) is 0 Å². The Morgan fingerprint density at radius 1 is 1.20 bits per heavy atom. The molecule has 0 heterocycles. The molecule has 0 spiro atoms. The fourth-order valence-corrected chi connectivity index (χ4v) is 1.87. The summed E-state index contributed by atoms with van der Waals surface area (Å²) in [5.41, 5.74) is 1.80. The van der Waals surface area contributed by atoms with Crippen LogP contribution in [0, 0.1) is 6.92 Å². The van der Waals surface area contributed by atoms with Gasteiger partial charge in [0.25, 0.3) is 5.91 Å². The van der Waals surface area contributed by atoms with Gasteiger partial charge in [-0.1, -0.05) is 35.4 Å². The van der Waals surface area contributed by atoms with Gasteiger partial charge in [0.1, 0.15) is 5.75 Å². The highest BCUT2D eigenvalue weighted by Crippen LogP contribution is 2.17. The van der Waals surface area contributed by atoms with E-state index in [1.54, 1.807) is 31.2 Å². The first-order valence-electron chi connectivity index (χ1n) is 6.34. The van der Waals surface area contributed by atoms with Crippen LogP contribution in [0.5, 0.6) is 5.75 Å². The van der Waals surface area contributed by atoms with E-state index in [1.807, 2.05) is 31.2 Å². The lowest BCUT2D eigenvalue weighted by molar-refractivity contribution is -0.122. The Balaban J connectivity index is 1.96. The van der Waals surface area contributed by atoms with Gasteiger partial charge in [0.05, 0.1) is 0 Å². The number of rotatable bonds is 4. The highest BCUT2D eigenvalue weighted by Gasteiger charge is 2.14. The molecule has 2 aromatic carbocycles. The first-order chi connectivity index (χ1) is 9.54. The normalized spacial score (nSPS) is 11.8. The van der Waals surface area contributed by atoms with E-state index < -0.39 is 6.10 Å². The molecule has 0 aliphatic rings. The Kier molecular flexibility index (Phi) is 4.64. The van der Waals surface area contributed by atoms with E-state index >= 15 is 0 Å². The largest absolute Gasteiger partial charge is 0.481 e. The molecule has 0 bridgehead atoms. The van der Waals surface area contributed by atoms with Crippen molar-refractivity contribution in [3.05, 3.63) is 59.1 Å². The Hall–Kier alpha value is -2.00. The van der Waals surface area contributed by atoms with Crippen LogP contribution in [0.25, 0.3) is 0 Å². The lowest BCUT2D eigenvalue weighted by atomic mass is 10.2. The average molecular weight is 290 g/mol. The number of amides is 1. The number of carbonyl (C=O) groups excluding carboxylic acids is 1. The summed E-state index contributed by atoms with van der Waals surface area (Å²) >= 11 is 5.87. The van der Waals surface area contributed by atoms with Crippen molar-refractivity contribution in [3.63, 3.8) is 0 Å². The summed E-state index contributed by atoms with van der Waals surface area (Å²) in [5.74, 6) is 0.456. The van der Waals surface area contributed by atoms with Crippen LogP contribution >= 0.6 is 11.6 Å². The molecule has 20 heavy (non-hydrogen) atoms. The molecule has 0 radical (unpaired) electrons. The van der Waals surface area contributed by atoms with Gasteiger partial charge in [-0.3, -0.25) is 4.79 Å². The Bertz CT molecular complexity index is 596. The maximum atomic E-state index is 12.0. The molecule has 3 nitrogen and oxygen atoms in total. The van der Waals surface area contributed by atoms with E-state index in [9.17, 15) is 4.79 Å². The Labute approximate surface area is 123 Å². The Morgan fingerprint density at radius 3 is 2.55 bits per heavy atom. The second kappa shape index (κ2) is 6.44. The average Bonchev–Trinajstić information content (AvgIpc) is 2.41. The van der Waals surface area contributed by atoms with E-state index in [0.717, 1.165) is 5.56 Å². The topological polar surface area (TPSA) is 38.3 Å². The van der Waals surface area contributed by atoms with Crippen molar-refractivity contribution in [1.82, 2.24) is 0 Å². The number of hydrogen-bond donors (Lipinski definition) is 1. The monoisotopic (exact) mass is 289 g/mol. The molecule has 1 N–H and O–H groups in total. The van der Waals surface area contributed by atoms with Crippen LogP contribution in [0.1, 0.15) is 12.5 Å². The highest BCUT2D eigenvalue weighted by molar-refractivity contribution is 6.30. The third kappa shape index (κ3) is 4.00. The zero-order valence-electron chi connectivity index (χ0n) is 11.4. The predicted octanol–water partition coefficient (Wildman–Crippen LogP) is 4.05. The summed E-state index contributed by atoms with van der Waals surface area (Å²) in [7, 11) is 0. The van der Waals surface area contributed by atoms with Crippen molar-refractivity contribution < 1.29 is 9.53 Å². The summed E-state index contributed by atoms with van der Waals surface area (Å²) in [6, 6.07) is 14.6. The van der Waals surface area contributed by atoms with Crippen molar-refractivity contribution in [2.75, 3.05) is 5.32 Å². The molecule has 0 unspecified atom stereocenters. The number of benzene rings is 2. The molecule has 2 aromatic rings. The molecule has 104 valence electrons. The fourth-order valence-electron chi connectivity index (χ4n) is 1.68. The van der Waals surface area contributed by atoms with Gasteiger partial charge in [0.2, 0.25) is 0 Å². The maximum Gasteiger partial charge on any atom is 0.265 e. The van der Waals surface area contributed by atoms with Crippen molar-refractivity contribution in [2.45, 2.75) is 20.0 Å². The SMILES string of the molecule is Cc1ccc(O[C@@H](C)C(=O)Nc2cccc(Cl)c2)cc1. The third-order valence-electron chi connectivity index (χ3n) is 2.80. The molecule has 0 aromatic heterocycles. The van der Waals surface area contributed by atoms with E-state index in [4.69, 9.17) is 16.3 Å². The summed E-state index contributed by atoms with van der Waals surface area (Å²) < 4.78 is 5.59. The van der Waals surface area contributed by atoms with Crippen LogP contribution in [-0.2, 0) is 4.79 Å². The van der Waals surface area contributed by atoms with E-state index in [-0.39, 0.29) is 5.91 Å². The first kappa shape index (κ1) is 14.4. The summed E-state index contributed by atoms with van der Waals surface area (Å²) in [6.07, 6.45) is -0.586. The van der Waals surface area contributed by atoms with Gasteiger partial charge in [0, 0.05) is 10.7 Å². The maximum absolute atomic E-state index is 12.0. The predicted molar refractivity (Wildman–Crippen MR) is 81.4 cm³/mol. The zero-order valence-corrected chi connectivity index (χ0v) is 12.1. The lowest BCUT2D eigenvalue weighted by Gasteiger charge is -2.15. The number of hydrogen-bond acceptors (Lipinski definition) is 2. The van der Waals surface area contributed by atoms with Crippen LogP contribution in [0.4, 0.5) is 5.69 Å². The quantitative estimate of drug-likeness (QED) is 0.922. The molecule has 4 heteroatoms. The molecule has 0 saturated carbocycles. The van der Waals surface area contributed by atoms with Crippen LogP contribution in [-0.4, -0.2) is 12.0 Å². The van der Waals surface area contributed by atoms with E-state index in [1.165, 1.54) is 0 Å². The minimum absolute atomic E-state index is 0.215. The van der Waals surface area contributed by atoms with Crippen molar-refractivity contribution in [3.8, 4) is 5.75 Å². The first-order valence-corrected chi connectivity index (χ1v) is 6.72. The second-order valence-electron chi connectivity index (χ2n) is 4.57. The molecule has 0 saturated heterocycles. The fraction of sp³-hybridized carbons (Fsp3) is 0.188. The minimum atomic E-state index is -0.586. The molecule has 1 amide bonds. The number of halogens is 1. The standard InChI is InChI=1S/C16H16ClNO2/c1-11-6-8-15(9-7-11)20-12(2)16(19)18-14-5-3-4-13(17)10-14/h3-10,12H,1-2H3,(H,18,19)/t12-/m0/s1. The van der Waals surface area contributed by atoms with Gasteiger partial charge in [-0.25, -0.2) is 0 Å². The summed E-state index contributed by atoms with van der Waals surface area (Å²) in [5, 5.41) is 3.34. The minimum Gasteiger partial charge on any atom is -0.481 e. The van der Waals surface area contributed by atoms with Gasteiger partial charge < -0.3 is 10.1 Å².